The number of anilines is 3. The maximum Gasteiger partial charge on any atom is 0.436 e. The van der Waals surface area contributed by atoms with Crippen molar-refractivity contribution in [3.63, 3.8) is 0 Å². The smallest absolute Gasteiger partial charge is 0.381 e. The van der Waals surface area contributed by atoms with Crippen LogP contribution in [0, 0.1) is 5.41 Å². The molecule has 2 fully saturated rings. The number of halogens is 4. The van der Waals surface area contributed by atoms with E-state index in [4.69, 9.17) is 11.5 Å². The Morgan fingerprint density at radius 2 is 1.89 bits per heavy atom. The van der Waals surface area contributed by atoms with Gasteiger partial charge in [-0.1, -0.05) is 17.8 Å². The number of nitrogens with two attached hydrogens (primary N) is 2. The van der Waals surface area contributed by atoms with Crippen LogP contribution in [0.4, 0.5) is 34.9 Å². The zero-order chi connectivity index (χ0) is 26.0. The summed E-state index contributed by atoms with van der Waals surface area (Å²) in [5.74, 6) is -1.05. The number of likely N-dealkylation sites (N-methyl/N-ethyl adjacent to an activating group) is 1. The predicted molar refractivity (Wildman–Crippen MR) is 125 cm³/mol. The lowest BCUT2D eigenvalue weighted by Gasteiger charge is -2.41. The molecule has 1 amide bonds. The van der Waals surface area contributed by atoms with Crippen LogP contribution in [0.2, 0.25) is 0 Å². The number of ketones is 1. The highest BCUT2D eigenvalue weighted by atomic mass is 32.2. The Hall–Kier alpha value is -2.93. The van der Waals surface area contributed by atoms with E-state index in [-0.39, 0.29) is 38.7 Å². The molecule has 2 aliphatic heterocycles. The molecule has 13 heteroatoms. The normalized spacial score (nSPS) is 25.7. The number of hydrogen-bond acceptors (Lipinski definition) is 8. The van der Waals surface area contributed by atoms with Crippen LogP contribution in [-0.4, -0.2) is 54.0 Å². The summed E-state index contributed by atoms with van der Waals surface area (Å²) in [6, 6.07) is 3.84. The van der Waals surface area contributed by atoms with Crippen LogP contribution in [0.3, 0.4) is 0 Å². The highest BCUT2D eigenvalue weighted by Crippen LogP contribution is 2.55. The molecule has 1 aliphatic carbocycles. The van der Waals surface area contributed by atoms with E-state index in [1.807, 2.05) is 4.90 Å². The van der Waals surface area contributed by atoms with Gasteiger partial charge in [-0.2, -0.15) is 13.2 Å². The van der Waals surface area contributed by atoms with E-state index in [0.29, 0.717) is 36.6 Å². The fraction of sp³-hybridized carbons (Fsp3) is 0.478. The minimum atomic E-state index is -5.45. The van der Waals surface area contributed by atoms with Crippen molar-refractivity contribution in [3.8, 4) is 0 Å². The molecule has 5 rings (SSSR count). The Labute approximate surface area is 208 Å². The molecule has 0 bridgehead atoms. The molecule has 1 saturated heterocycles. The van der Waals surface area contributed by atoms with Crippen LogP contribution in [-0.2, 0) is 15.3 Å². The largest absolute Gasteiger partial charge is 0.436 e. The quantitative estimate of drug-likeness (QED) is 0.588. The molecule has 4 N–H and O–H groups in total. The summed E-state index contributed by atoms with van der Waals surface area (Å²) in [4.78, 5) is 35.3. The molecule has 3 heterocycles. The third kappa shape index (κ3) is 3.62. The fourth-order valence-electron chi connectivity index (χ4n) is 5.44. The van der Waals surface area contributed by atoms with Crippen molar-refractivity contribution >= 4 is 40.8 Å². The van der Waals surface area contributed by atoms with Crippen molar-refractivity contribution in [2.24, 2.45) is 11.1 Å². The van der Waals surface area contributed by atoms with E-state index in [9.17, 15) is 22.8 Å². The third-order valence-electron chi connectivity index (χ3n) is 7.52. The molecule has 2 aromatic rings. The number of benzene rings is 1. The summed E-state index contributed by atoms with van der Waals surface area (Å²) in [6.07, 6.45) is -1.64. The van der Waals surface area contributed by atoms with Crippen molar-refractivity contribution in [2.75, 3.05) is 35.7 Å². The predicted octanol–water partition coefficient (Wildman–Crippen LogP) is 3.19. The molecule has 8 nitrogen and oxygen atoms in total. The maximum absolute atomic E-state index is 15.4. The van der Waals surface area contributed by atoms with Gasteiger partial charge in [-0.15, -0.1) is 0 Å². The maximum atomic E-state index is 15.4. The first kappa shape index (κ1) is 24.8. The Kier molecular flexibility index (Phi) is 5.71. The summed E-state index contributed by atoms with van der Waals surface area (Å²) >= 11 is 0.723. The average molecular weight is 525 g/mol. The number of hydrogen-bond donors (Lipinski definition) is 2. The highest BCUT2D eigenvalue weighted by molar-refractivity contribution is 7.99. The summed E-state index contributed by atoms with van der Waals surface area (Å²) in [7, 11) is 1.10. The van der Waals surface area contributed by atoms with Gasteiger partial charge in [-0.3, -0.25) is 9.59 Å². The van der Waals surface area contributed by atoms with E-state index >= 15 is 4.39 Å². The van der Waals surface area contributed by atoms with E-state index in [2.05, 4.69) is 9.97 Å². The lowest BCUT2D eigenvalue weighted by molar-refractivity contribution is -0.228. The number of nitrogen functional groups attached to an aromatic ring is 1. The number of aromatic nitrogens is 2. The lowest BCUT2D eigenvalue weighted by Crippen LogP contribution is -2.47. The van der Waals surface area contributed by atoms with Crippen LogP contribution in [0.1, 0.15) is 31.2 Å². The van der Waals surface area contributed by atoms with Gasteiger partial charge in [0, 0.05) is 49.5 Å². The number of fused-ring (bicyclic) bond motifs is 1. The van der Waals surface area contributed by atoms with Crippen molar-refractivity contribution in [2.45, 2.75) is 53.5 Å². The zero-order valence-electron chi connectivity index (χ0n) is 19.3. The van der Waals surface area contributed by atoms with Crippen LogP contribution in [0.5, 0.6) is 0 Å². The SMILES string of the molecule is CN1C(=O)C(F)(C(F)(F)F)c2c(Sc3ncc(N4CCC5(CC4)CC(=O)C[C@@H]5N)nc3N)cccc21. The molecule has 3 aliphatic rings. The highest BCUT2D eigenvalue weighted by Gasteiger charge is 2.69. The Balaban J connectivity index is 1.39. The Morgan fingerprint density at radius 1 is 1.19 bits per heavy atom. The number of Topliss-reactive ketones (excluding diaryl/α,β-unsaturated/α-hetero) is 1. The average Bonchev–Trinajstić information content (AvgIpc) is 3.21. The zero-order valence-corrected chi connectivity index (χ0v) is 20.1. The van der Waals surface area contributed by atoms with Gasteiger partial charge < -0.3 is 21.3 Å². The van der Waals surface area contributed by atoms with E-state index in [0.717, 1.165) is 31.7 Å². The number of nitrogens with zero attached hydrogens (tertiary/aromatic N) is 4. The molecule has 1 spiro atoms. The van der Waals surface area contributed by atoms with Crippen molar-refractivity contribution in [1.82, 2.24) is 9.97 Å². The molecule has 1 aromatic heterocycles. The molecule has 0 radical (unpaired) electrons. The Morgan fingerprint density at radius 3 is 2.47 bits per heavy atom. The van der Waals surface area contributed by atoms with Gasteiger partial charge in [0.2, 0.25) is 0 Å². The topological polar surface area (TPSA) is 118 Å². The van der Waals surface area contributed by atoms with Gasteiger partial charge in [0.15, 0.2) is 5.82 Å². The number of piperidine rings is 1. The number of amides is 1. The second kappa shape index (κ2) is 8.30. The van der Waals surface area contributed by atoms with Gasteiger partial charge in [-0.05, 0) is 30.4 Å². The van der Waals surface area contributed by atoms with Crippen LogP contribution < -0.4 is 21.3 Å². The first-order valence-corrected chi connectivity index (χ1v) is 12.2. The van der Waals surface area contributed by atoms with Crippen molar-refractivity contribution in [1.29, 1.82) is 0 Å². The molecule has 192 valence electrons. The minimum absolute atomic E-state index is 0.0303. The van der Waals surface area contributed by atoms with Crippen molar-refractivity contribution in [3.05, 3.63) is 30.0 Å². The van der Waals surface area contributed by atoms with Gasteiger partial charge in [0.1, 0.15) is 16.6 Å². The molecule has 36 heavy (non-hydrogen) atoms. The van der Waals surface area contributed by atoms with E-state index in [1.54, 1.807) is 0 Å². The monoisotopic (exact) mass is 524 g/mol. The Bertz CT molecular complexity index is 1250. The van der Waals surface area contributed by atoms with Gasteiger partial charge >= 0.3 is 11.8 Å². The second-order valence-electron chi connectivity index (χ2n) is 9.57. The standard InChI is InChI=1S/C23H24F4N6O2S/c1-32-13-3-2-4-14(17(13)22(24,20(32)35)23(25,26)27)36-19-18(29)31-16(11-30-19)33-7-5-21(6-8-33)10-12(34)9-15(21)28/h2-4,11,15H,5-10,28H2,1H3,(H2,29,31)/t15-,22?/m0/s1. The first-order valence-electron chi connectivity index (χ1n) is 11.4. The van der Waals surface area contributed by atoms with Crippen LogP contribution >= 0.6 is 11.8 Å². The number of alkyl halides is 4. The first-order chi connectivity index (χ1) is 16.9. The molecular weight excluding hydrogens is 500 g/mol. The van der Waals surface area contributed by atoms with E-state index < -0.39 is 23.3 Å². The summed E-state index contributed by atoms with van der Waals surface area (Å²) in [5.41, 5.74) is 7.02. The number of carbonyl (C=O) groups is 2. The van der Waals surface area contributed by atoms with Crippen LogP contribution in [0.25, 0.3) is 0 Å². The number of carbonyl (C=O) groups excluding carboxylic acids is 2. The third-order valence-corrected chi connectivity index (χ3v) is 8.59. The summed E-state index contributed by atoms with van der Waals surface area (Å²) in [6.45, 7) is 1.22. The van der Waals surface area contributed by atoms with Gasteiger partial charge in [0.05, 0.1) is 11.9 Å². The molecule has 1 saturated carbocycles. The molecular formula is C23H24F4N6O2S. The van der Waals surface area contributed by atoms with Crippen molar-refractivity contribution < 1.29 is 27.2 Å². The van der Waals surface area contributed by atoms with Gasteiger partial charge in [0.25, 0.3) is 5.91 Å². The molecule has 2 atom stereocenters. The van der Waals surface area contributed by atoms with E-state index in [1.165, 1.54) is 24.4 Å². The van der Waals surface area contributed by atoms with Gasteiger partial charge in [-0.25, -0.2) is 14.4 Å². The molecule has 1 aromatic carbocycles. The van der Waals surface area contributed by atoms with Crippen LogP contribution in [0.15, 0.2) is 34.3 Å². The second-order valence-corrected chi connectivity index (χ2v) is 10.6. The number of rotatable bonds is 3. The summed E-state index contributed by atoms with van der Waals surface area (Å²) in [5, 5.41) is 0.0931. The molecule has 1 unspecified atom stereocenters. The lowest BCUT2D eigenvalue weighted by atomic mass is 9.74. The fourth-order valence-corrected chi connectivity index (χ4v) is 6.40. The minimum Gasteiger partial charge on any atom is -0.381 e. The summed E-state index contributed by atoms with van der Waals surface area (Å²) < 4.78 is 56.6.